The zero-order valence-corrected chi connectivity index (χ0v) is 10.7. The van der Waals surface area contributed by atoms with Gasteiger partial charge in [0.15, 0.2) is 11.6 Å². The van der Waals surface area contributed by atoms with E-state index in [9.17, 15) is 4.79 Å². The Labute approximate surface area is 111 Å². The quantitative estimate of drug-likeness (QED) is 0.720. The van der Waals surface area contributed by atoms with Gasteiger partial charge >= 0.3 is 5.97 Å². The second-order valence-corrected chi connectivity index (χ2v) is 5.16. The molecule has 1 aliphatic heterocycles. The third kappa shape index (κ3) is 1.82. The van der Waals surface area contributed by atoms with E-state index in [2.05, 4.69) is 11.1 Å². The van der Waals surface area contributed by atoms with Gasteiger partial charge in [-0.25, -0.2) is 4.79 Å². The molecule has 4 nitrogen and oxygen atoms in total. The lowest BCUT2D eigenvalue weighted by atomic mass is 9.78. The molecule has 2 atom stereocenters. The summed E-state index contributed by atoms with van der Waals surface area (Å²) in [5.74, 6) is -0.382. The van der Waals surface area contributed by atoms with Crippen LogP contribution in [0.3, 0.4) is 0 Å². The van der Waals surface area contributed by atoms with Gasteiger partial charge in [0.1, 0.15) is 0 Å². The largest absolute Gasteiger partial charge is 0.451 e. The molecule has 2 aliphatic rings. The van der Waals surface area contributed by atoms with Crippen LogP contribution >= 0.6 is 0 Å². The first-order valence-electron chi connectivity index (χ1n) is 6.40. The van der Waals surface area contributed by atoms with E-state index in [1.54, 1.807) is 0 Å². The van der Waals surface area contributed by atoms with Gasteiger partial charge in [-0.2, -0.15) is 5.26 Å². The normalized spacial score (nSPS) is 28.5. The highest BCUT2D eigenvalue weighted by atomic mass is 16.6. The van der Waals surface area contributed by atoms with Gasteiger partial charge in [0.25, 0.3) is 0 Å². The van der Waals surface area contributed by atoms with E-state index in [0.29, 0.717) is 0 Å². The Hall–Kier alpha value is -2.15. The fourth-order valence-electron chi connectivity index (χ4n) is 2.77. The molecule has 0 aromatic heterocycles. The van der Waals surface area contributed by atoms with Crippen LogP contribution in [0, 0.1) is 11.3 Å². The number of aryl methyl sites for hydroxylation is 1. The van der Waals surface area contributed by atoms with Gasteiger partial charge in [-0.3, -0.25) is 4.99 Å². The van der Waals surface area contributed by atoms with Gasteiger partial charge in [0.05, 0.1) is 18.2 Å². The third-order valence-electron chi connectivity index (χ3n) is 3.81. The maximum Gasteiger partial charge on any atom is 0.332 e. The first kappa shape index (κ1) is 11.9. The molecule has 1 aliphatic carbocycles. The van der Waals surface area contributed by atoms with Crippen LogP contribution in [0.25, 0.3) is 0 Å². The van der Waals surface area contributed by atoms with Crippen molar-refractivity contribution in [2.75, 3.05) is 0 Å². The van der Waals surface area contributed by atoms with Crippen LogP contribution in [0.4, 0.5) is 0 Å². The number of benzene rings is 1. The predicted molar refractivity (Wildman–Crippen MR) is 69.8 cm³/mol. The number of carbonyl (C=O) groups excluding carboxylic acids is 1. The molecule has 0 fully saturated rings. The van der Waals surface area contributed by atoms with Crippen molar-refractivity contribution < 1.29 is 9.53 Å². The predicted octanol–water partition coefficient (Wildman–Crippen LogP) is 2.02. The summed E-state index contributed by atoms with van der Waals surface area (Å²) in [6, 6.07) is 9.36. The average Bonchev–Trinajstić information content (AvgIpc) is 2.40. The van der Waals surface area contributed by atoms with E-state index in [-0.39, 0.29) is 12.4 Å². The highest BCUT2D eigenvalue weighted by Gasteiger charge is 2.44. The summed E-state index contributed by atoms with van der Waals surface area (Å²) in [4.78, 5) is 16.4. The van der Waals surface area contributed by atoms with Gasteiger partial charge in [-0.05, 0) is 25.3 Å². The second kappa shape index (κ2) is 4.20. The summed E-state index contributed by atoms with van der Waals surface area (Å²) in [5, 5.41) is 8.76. The molecule has 0 saturated carbocycles. The van der Waals surface area contributed by atoms with Crippen LogP contribution in [0.15, 0.2) is 29.3 Å². The van der Waals surface area contributed by atoms with Crippen molar-refractivity contribution in [3.63, 3.8) is 0 Å². The van der Waals surface area contributed by atoms with E-state index in [4.69, 9.17) is 10.00 Å². The second-order valence-electron chi connectivity index (χ2n) is 5.16. The number of fused-ring (bicyclic) bond motifs is 3. The third-order valence-corrected chi connectivity index (χ3v) is 3.81. The Bertz CT molecular complexity index is 615. The highest BCUT2D eigenvalue weighted by Crippen LogP contribution is 2.35. The molecule has 0 radical (unpaired) electrons. The number of hydrogen-bond donors (Lipinski definition) is 0. The van der Waals surface area contributed by atoms with E-state index < -0.39 is 11.6 Å². The Balaban J connectivity index is 2.12. The van der Waals surface area contributed by atoms with Crippen molar-refractivity contribution in [3.05, 3.63) is 35.4 Å². The Morgan fingerprint density at radius 2 is 2.32 bits per heavy atom. The van der Waals surface area contributed by atoms with Crippen molar-refractivity contribution in [2.24, 2.45) is 4.99 Å². The molecule has 0 spiro atoms. The Morgan fingerprint density at radius 3 is 3.11 bits per heavy atom. The SMILES string of the molecule is C[C@]12CCc3ccccc3C1=N[C@H](CC#N)C(=O)O2. The van der Waals surface area contributed by atoms with E-state index in [1.165, 1.54) is 5.56 Å². The van der Waals surface area contributed by atoms with Crippen molar-refractivity contribution >= 4 is 11.7 Å². The van der Waals surface area contributed by atoms with Crippen molar-refractivity contribution in [1.82, 2.24) is 0 Å². The summed E-state index contributed by atoms with van der Waals surface area (Å²) in [6.07, 6.45) is 1.69. The number of carbonyl (C=O) groups is 1. The molecular formula is C15H14N2O2. The fraction of sp³-hybridized carbons (Fsp3) is 0.400. The number of rotatable bonds is 1. The highest BCUT2D eigenvalue weighted by molar-refractivity contribution is 6.11. The zero-order valence-electron chi connectivity index (χ0n) is 10.7. The van der Waals surface area contributed by atoms with Crippen molar-refractivity contribution in [2.45, 2.75) is 37.8 Å². The number of nitriles is 1. The molecule has 1 aromatic carbocycles. The van der Waals surface area contributed by atoms with Crippen molar-refractivity contribution in [1.29, 1.82) is 5.26 Å². The first-order valence-corrected chi connectivity index (χ1v) is 6.40. The molecule has 19 heavy (non-hydrogen) atoms. The average molecular weight is 254 g/mol. The number of aliphatic imine (C=N–C) groups is 1. The van der Waals surface area contributed by atoms with Gasteiger partial charge in [-0.1, -0.05) is 24.3 Å². The molecule has 1 heterocycles. The molecule has 0 amide bonds. The molecular weight excluding hydrogens is 240 g/mol. The molecule has 0 saturated heterocycles. The van der Waals surface area contributed by atoms with Crippen LogP contribution in [0.2, 0.25) is 0 Å². The van der Waals surface area contributed by atoms with Gasteiger partial charge in [-0.15, -0.1) is 0 Å². The summed E-state index contributed by atoms with van der Waals surface area (Å²) >= 11 is 0. The van der Waals surface area contributed by atoms with Gasteiger partial charge < -0.3 is 4.74 Å². The molecule has 4 heteroatoms. The van der Waals surface area contributed by atoms with Crippen LogP contribution < -0.4 is 0 Å². The van der Waals surface area contributed by atoms with E-state index in [1.807, 2.05) is 31.2 Å². The monoisotopic (exact) mass is 254 g/mol. The van der Waals surface area contributed by atoms with Crippen molar-refractivity contribution in [3.8, 4) is 6.07 Å². The van der Waals surface area contributed by atoms with E-state index >= 15 is 0 Å². The fourth-order valence-corrected chi connectivity index (χ4v) is 2.77. The van der Waals surface area contributed by atoms with Gasteiger partial charge in [0.2, 0.25) is 0 Å². The first-order chi connectivity index (χ1) is 9.14. The number of hydrogen-bond acceptors (Lipinski definition) is 4. The smallest absolute Gasteiger partial charge is 0.332 e. The number of ether oxygens (including phenoxy) is 1. The molecule has 0 bridgehead atoms. The maximum atomic E-state index is 11.9. The topological polar surface area (TPSA) is 62.5 Å². The molecule has 0 unspecified atom stereocenters. The molecule has 0 N–H and O–H groups in total. The standard InChI is InChI=1S/C15H14N2O2/c1-15-8-6-10-4-2-3-5-11(10)13(15)17-12(7-9-16)14(18)19-15/h2-5,12H,6-8H2,1H3/t12-,15+/m1/s1. The van der Waals surface area contributed by atoms with Crippen LogP contribution in [0.1, 0.15) is 30.9 Å². The van der Waals surface area contributed by atoms with Gasteiger partial charge in [0, 0.05) is 5.56 Å². The Kier molecular flexibility index (Phi) is 2.63. The minimum atomic E-state index is -0.681. The Morgan fingerprint density at radius 1 is 1.53 bits per heavy atom. The van der Waals surface area contributed by atoms with Crippen LogP contribution in [0.5, 0.6) is 0 Å². The minimum Gasteiger partial charge on any atom is -0.451 e. The summed E-state index contributed by atoms with van der Waals surface area (Å²) in [6.45, 7) is 1.91. The molecule has 3 rings (SSSR count). The lowest BCUT2D eigenvalue weighted by Crippen LogP contribution is -2.50. The van der Waals surface area contributed by atoms with Crippen LogP contribution in [-0.2, 0) is 16.0 Å². The molecule has 1 aromatic rings. The van der Waals surface area contributed by atoms with Crippen LogP contribution in [-0.4, -0.2) is 23.3 Å². The lowest BCUT2D eigenvalue weighted by Gasteiger charge is -2.39. The summed E-state index contributed by atoms with van der Waals surface area (Å²) < 4.78 is 5.58. The van der Waals surface area contributed by atoms with E-state index in [0.717, 1.165) is 24.1 Å². The lowest BCUT2D eigenvalue weighted by molar-refractivity contribution is -0.156. The summed E-state index contributed by atoms with van der Waals surface area (Å²) in [5.41, 5.74) is 2.45. The zero-order chi connectivity index (χ0) is 13.5. The summed E-state index contributed by atoms with van der Waals surface area (Å²) in [7, 11) is 0. The molecule has 96 valence electrons. The maximum absolute atomic E-state index is 11.9. The number of esters is 1. The number of nitrogens with zero attached hydrogens (tertiary/aromatic N) is 2. The minimum absolute atomic E-state index is 0.0700.